The van der Waals surface area contributed by atoms with Crippen LogP contribution in [0.4, 0.5) is 13.2 Å². The third kappa shape index (κ3) is 4.64. The average molecular weight is 316 g/mol. The van der Waals surface area contributed by atoms with E-state index in [1.165, 1.54) is 0 Å². The minimum Gasteiger partial charge on any atom is -0.484 e. The summed E-state index contributed by atoms with van der Waals surface area (Å²) in [6.45, 7) is 2.38. The number of benzene rings is 1. The summed E-state index contributed by atoms with van der Waals surface area (Å²) in [5.41, 5.74) is 1.64. The molecule has 1 aromatic carbocycles. The van der Waals surface area contributed by atoms with Gasteiger partial charge in [-0.05, 0) is 24.1 Å². The van der Waals surface area contributed by atoms with Gasteiger partial charge >= 0.3 is 6.18 Å². The van der Waals surface area contributed by atoms with Crippen LogP contribution < -0.4 is 4.74 Å². The largest absolute Gasteiger partial charge is 0.484 e. The summed E-state index contributed by atoms with van der Waals surface area (Å²) in [5.74, 6) is 0.243. The predicted octanol–water partition coefficient (Wildman–Crippen LogP) is 2.47. The summed E-state index contributed by atoms with van der Waals surface area (Å²) in [5, 5.41) is 13.0. The lowest BCUT2D eigenvalue weighted by Gasteiger charge is -2.28. The minimum absolute atomic E-state index is 0.0596. The van der Waals surface area contributed by atoms with Crippen LogP contribution in [0.1, 0.15) is 11.1 Å². The summed E-state index contributed by atoms with van der Waals surface area (Å²) in [6, 6.07) is 5.14. The third-order valence-corrected chi connectivity index (χ3v) is 3.28. The molecule has 0 spiro atoms. The van der Waals surface area contributed by atoms with Crippen LogP contribution in [-0.4, -0.2) is 47.6 Å². The van der Waals surface area contributed by atoms with Gasteiger partial charge in [0.1, 0.15) is 5.75 Å². The zero-order valence-electron chi connectivity index (χ0n) is 12.3. The van der Waals surface area contributed by atoms with E-state index in [-0.39, 0.29) is 12.4 Å². The molecule has 0 amide bonds. The second-order valence-electron chi connectivity index (χ2n) is 5.12. The van der Waals surface area contributed by atoms with E-state index < -0.39 is 12.8 Å². The lowest BCUT2D eigenvalue weighted by molar-refractivity contribution is -0.153. The van der Waals surface area contributed by atoms with Crippen molar-refractivity contribution in [3.8, 4) is 5.75 Å². The Balaban J connectivity index is 1.97. The fourth-order valence-electron chi connectivity index (χ4n) is 2.31. The zero-order chi connectivity index (χ0) is 16.2. The van der Waals surface area contributed by atoms with E-state index in [0.29, 0.717) is 18.7 Å². The standard InChI is InChI=1S/C15H19F3N2O2/c1-12-9-13(3-4-14(12)22-11-15(16,17)18)10-20-6-2-5-19(20)7-8-21/h2-5,9,21H,6-8,10-11H2,1H3. The normalized spacial score (nSPS) is 15.6. The number of aliphatic hydroxyl groups excluding tert-OH is 1. The van der Waals surface area contributed by atoms with Gasteiger partial charge in [0.15, 0.2) is 6.61 Å². The molecule has 0 unspecified atom stereocenters. The van der Waals surface area contributed by atoms with E-state index in [9.17, 15) is 13.2 Å². The maximum atomic E-state index is 12.2. The fourth-order valence-corrected chi connectivity index (χ4v) is 2.31. The second kappa shape index (κ2) is 7.02. The number of ether oxygens (including phenoxy) is 1. The molecular weight excluding hydrogens is 297 g/mol. The first kappa shape index (κ1) is 16.6. The van der Waals surface area contributed by atoms with Crippen molar-refractivity contribution in [3.05, 3.63) is 41.6 Å². The maximum absolute atomic E-state index is 12.2. The molecule has 122 valence electrons. The Hall–Kier alpha value is -1.73. The van der Waals surface area contributed by atoms with Crippen LogP contribution >= 0.6 is 0 Å². The molecule has 22 heavy (non-hydrogen) atoms. The number of alkyl halides is 3. The molecule has 0 radical (unpaired) electrons. The number of aryl methyl sites for hydroxylation is 1. The van der Waals surface area contributed by atoms with Crippen molar-refractivity contribution >= 4 is 0 Å². The van der Waals surface area contributed by atoms with Crippen LogP contribution in [0.15, 0.2) is 30.5 Å². The van der Waals surface area contributed by atoms with Crippen molar-refractivity contribution in [2.24, 2.45) is 0 Å². The summed E-state index contributed by atoms with van der Waals surface area (Å²) >= 11 is 0. The number of hydrazine groups is 1. The Morgan fingerprint density at radius 2 is 2.09 bits per heavy atom. The van der Waals surface area contributed by atoms with Crippen LogP contribution in [0.5, 0.6) is 5.75 Å². The Morgan fingerprint density at radius 3 is 2.73 bits per heavy atom. The van der Waals surface area contributed by atoms with Gasteiger partial charge in [0, 0.05) is 19.3 Å². The van der Waals surface area contributed by atoms with Gasteiger partial charge < -0.3 is 14.9 Å². The first-order chi connectivity index (χ1) is 10.4. The highest BCUT2D eigenvalue weighted by atomic mass is 19.4. The molecule has 1 aliphatic rings. The van der Waals surface area contributed by atoms with E-state index in [1.807, 2.05) is 28.4 Å². The molecule has 1 heterocycles. The molecule has 4 nitrogen and oxygen atoms in total. The van der Waals surface area contributed by atoms with Gasteiger partial charge in [0.25, 0.3) is 0 Å². The number of rotatable bonds is 6. The van der Waals surface area contributed by atoms with Gasteiger partial charge in [-0.2, -0.15) is 13.2 Å². The third-order valence-electron chi connectivity index (χ3n) is 3.28. The van der Waals surface area contributed by atoms with Crippen LogP contribution in [0.3, 0.4) is 0 Å². The van der Waals surface area contributed by atoms with Crippen molar-refractivity contribution in [3.63, 3.8) is 0 Å². The lowest BCUT2D eigenvalue weighted by atomic mass is 10.1. The molecule has 0 fully saturated rings. The Bertz CT molecular complexity index is 532. The molecule has 0 atom stereocenters. The topological polar surface area (TPSA) is 35.9 Å². The molecule has 0 saturated heterocycles. The van der Waals surface area contributed by atoms with E-state index >= 15 is 0 Å². The Kier molecular flexibility index (Phi) is 5.31. The SMILES string of the molecule is Cc1cc(CN2CC=CN2CCO)ccc1OCC(F)(F)F. The monoisotopic (exact) mass is 316 g/mol. The predicted molar refractivity (Wildman–Crippen MR) is 76.1 cm³/mol. The first-order valence-electron chi connectivity index (χ1n) is 6.97. The number of halogens is 3. The average Bonchev–Trinajstić information content (AvgIpc) is 2.84. The van der Waals surface area contributed by atoms with Gasteiger partial charge in [0.05, 0.1) is 13.2 Å². The van der Waals surface area contributed by atoms with Gasteiger partial charge in [-0.15, -0.1) is 0 Å². The number of β-amino-alcohol motifs (C(OH)–C–C–N with tert-alkyl or cyclic N) is 1. The summed E-state index contributed by atoms with van der Waals surface area (Å²) in [7, 11) is 0. The fraction of sp³-hybridized carbons (Fsp3) is 0.467. The first-order valence-corrected chi connectivity index (χ1v) is 6.97. The molecule has 0 aliphatic carbocycles. The highest BCUT2D eigenvalue weighted by Crippen LogP contribution is 2.24. The van der Waals surface area contributed by atoms with Crippen LogP contribution in [0, 0.1) is 6.92 Å². The summed E-state index contributed by atoms with van der Waals surface area (Å²) in [6.07, 6.45) is -0.440. The Labute approximate surface area is 127 Å². The van der Waals surface area contributed by atoms with Crippen LogP contribution in [0.25, 0.3) is 0 Å². The minimum atomic E-state index is -4.34. The zero-order valence-corrected chi connectivity index (χ0v) is 12.3. The van der Waals surface area contributed by atoms with Gasteiger partial charge in [-0.25, -0.2) is 5.01 Å². The van der Waals surface area contributed by atoms with Crippen molar-refractivity contribution in [2.75, 3.05) is 26.3 Å². The Morgan fingerprint density at radius 1 is 1.32 bits per heavy atom. The van der Waals surface area contributed by atoms with Crippen molar-refractivity contribution < 1.29 is 23.0 Å². The molecule has 0 bridgehead atoms. The molecule has 1 aromatic rings. The van der Waals surface area contributed by atoms with Crippen LogP contribution in [-0.2, 0) is 6.54 Å². The molecule has 2 rings (SSSR count). The van der Waals surface area contributed by atoms with E-state index in [4.69, 9.17) is 9.84 Å². The summed E-state index contributed by atoms with van der Waals surface area (Å²) in [4.78, 5) is 0. The number of aliphatic hydroxyl groups is 1. The van der Waals surface area contributed by atoms with Crippen LogP contribution in [0.2, 0.25) is 0 Å². The second-order valence-corrected chi connectivity index (χ2v) is 5.12. The molecule has 7 heteroatoms. The van der Waals surface area contributed by atoms with E-state index in [1.54, 1.807) is 19.1 Å². The smallest absolute Gasteiger partial charge is 0.422 e. The van der Waals surface area contributed by atoms with E-state index in [2.05, 4.69) is 0 Å². The molecular formula is C15H19F3N2O2. The molecule has 0 saturated carbocycles. The molecule has 1 N–H and O–H groups in total. The number of hydrogen-bond donors (Lipinski definition) is 1. The number of hydrogen-bond acceptors (Lipinski definition) is 4. The van der Waals surface area contributed by atoms with Gasteiger partial charge in [-0.1, -0.05) is 18.2 Å². The van der Waals surface area contributed by atoms with E-state index in [0.717, 1.165) is 12.1 Å². The number of nitrogens with zero attached hydrogens (tertiary/aromatic N) is 2. The lowest BCUT2D eigenvalue weighted by Crippen LogP contribution is -2.36. The van der Waals surface area contributed by atoms with Crippen molar-refractivity contribution in [1.82, 2.24) is 10.0 Å². The summed E-state index contributed by atoms with van der Waals surface area (Å²) < 4.78 is 41.3. The maximum Gasteiger partial charge on any atom is 0.422 e. The van der Waals surface area contributed by atoms with Crippen molar-refractivity contribution in [1.29, 1.82) is 0 Å². The van der Waals surface area contributed by atoms with Gasteiger partial charge in [-0.3, -0.25) is 0 Å². The highest BCUT2D eigenvalue weighted by Gasteiger charge is 2.28. The van der Waals surface area contributed by atoms with Crippen molar-refractivity contribution in [2.45, 2.75) is 19.6 Å². The quantitative estimate of drug-likeness (QED) is 0.875. The molecule has 1 aliphatic heterocycles. The highest BCUT2D eigenvalue weighted by molar-refractivity contribution is 5.36. The van der Waals surface area contributed by atoms with Gasteiger partial charge in [0.2, 0.25) is 0 Å². The molecule has 0 aromatic heterocycles.